The number of imide groups is 1. The van der Waals surface area contributed by atoms with Crippen LogP contribution in [0.2, 0.25) is 0 Å². The van der Waals surface area contributed by atoms with Gasteiger partial charge in [0.15, 0.2) is 11.0 Å². The minimum absolute atomic E-state index is 0.00771. The van der Waals surface area contributed by atoms with Gasteiger partial charge in [-0.2, -0.15) is 0 Å². The van der Waals surface area contributed by atoms with Crippen LogP contribution >= 0.6 is 11.8 Å². The van der Waals surface area contributed by atoms with E-state index in [1.54, 1.807) is 12.4 Å². The lowest BCUT2D eigenvalue weighted by atomic mass is 10.0. The standard InChI is InChI=1S/C26H26N6O2S/c1-18(2)21-12-6-7-13-22(21)32-24(20-11-8-14-27-16-20)30-31-26(32)35-17-23(33)29-25(34)28-15-19-9-4-3-5-10-19/h3-14,16,18H,15,17H2,1-2H3,(H2,28,29,33,34). The van der Waals surface area contributed by atoms with Gasteiger partial charge in [-0.3, -0.25) is 19.7 Å². The van der Waals surface area contributed by atoms with Gasteiger partial charge >= 0.3 is 6.03 Å². The zero-order chi connectivity index (χ0) is 24.6. The smallest absolute Gasteiger partial charge is 0.321 e. The summed E-state index contributed by atoms with van der Waals surface area (Å²) in [6.45, 7) is 4.59. The van der Waals surface area contributed by atoms with Crippen molar-refractivity contribution in [3.63, 3.8) is 0 Å². The molecule has 2 heterocycles. The first-order valence-electron chi connectivity index (χ1n) is 11.2. The Morgan fingerprint density at radius 2 is 1.74 bits per heavy atom. The quantitative estimate of drug-likeness (QED) is 0.354. The Morgan fingerprint density at radius 3 is 2.49 bits per heavy atom. The zero-order valence-electron chi connectivity index (χ0n) is 19.5. The van der Waals surface area contributed by atoms with E-state index >= 15 is 0 Å². The first-order valence-corrected chi connectivity index (χ1v) is 12.2. The average molecular weight is 487 g/mol. The van der Waals surface area contributed by atoms with Gasteiger partial charge in [0.25, 0.3) is 0 Å². The first-order chi connectivity index (χ1) is 17.0. The van der Waals surface area contributed by atoms with E-state index in [-0.39, 0.29) is 11.7 Å². The normalized spacial score (nSPS) is 10.8. The van der Waals surface area contributed by atoms with Crippen molar-refractivity contribution in [3.8, 4) is 17.1 Å². The summed E-state index contributed by atoms with van der Waals surface area (Å²) >= 11 is 1.22. The number of hydrogen-bond donors (Lipinski definition) is 2. The van der Waals surface area contributed by atoms with Gasteiger partial charge in [-0.05, 0) is 35.2 Å². The third-order valence-electron chi connectivity index (χ3n) is 5.23. The monoisotopic (exact) mass is 486 g/mol. The molecule has 3 amide bonds. The van der Waals surface area contributed by atoms with E-state index in [2.05, 4.69) is 45.7 Å². The fraction of sp³-hybridized carbons (Fsp3) is 0.192. The second-order valence-corrected chi connectivity index (χ2v) is 9.04. The van der Waals surface area contributed by atoms with E-state index in [1.807, 2.05) is 65.2 Å². The van der Waals surface area contributed by atoms with Gasteiger partial charge in [-0.15, -0.1) is 10.2 Å². The molecule has 8 nitrogen and oxygen atoms in total. The van der Waals surface area contributed by atoms with E-state index in [9.17, 15) is 9.59 Å². The third-order valence-corrected chi connectivity index (χ3v) is 6.16. The summed E-state index contributed by atoms with van der Waals surface area (Å²) in [5.41, 5.74) is 3.83. The minimum atomic E-state index is -0.540. The molecule has 0 unspecified atom stereocenters. The number of urea groups is 1. The highest BCUT2D eigenvalue weighted by atomic mass is 32.2. The number of amides is 3. The molecule has 2 aromatic carbocycles. The van der Waals surface area contributed by atoms with E-state index in [1.165, 1.54) is 11.8 Å². The topological polar surface area (TPSA) is 102 Å². The number of benzene rings is 2. The van der Waals surface area contributed by atoms with Gasteiger partial charge in [-0.1, -0.05) is 74.1 Å². The van der Waals surface area contributed by atoms with Gasteiger partial charge in [0.2, 0.25) is 5.91 Å². The Hall–Kier alpha value is -3.98. The highest BCUT2D eigenvalue weighted by Gasteiger charge is 2.20. The Labute approximate surface area is 208 Å². The molecule has 178 valence electrons. The minimum Gasteiger partial charge on any atom is -0.334 e. The lowest BCUT2D eigenvalue weighted by Crippen LogP contribution is -2.40. The maximum absolute atomic E-state index is 12.5. The van der Waals surface area contributed by atoms with Gasteiger partial charge in [0, 0.05) is 24.5 Å². The molecule has 0 aliphatic heterocycles. The van der Waals surface area contributed by atoms with Crippen molar-refractivity contribution in [2.75, 3.05) is 5.75 Å². The molecule has 4 rings (SSSR count). The summed E-state index contributed by atoms with van der Waals surface area (Å²) < 4.78 is 1.94. The Kier molecular flexibility index (Phi) is 7.89. The second-order valence-electron chi connectivity index (χ2n) is 8.10. The first kappa shape index (κ1) is 24.2. The molecule has 0 radical (unpaired) electrons. The van der Waals surface area contributed by atoms with Crippen LogP contribution in [0, 0.1) is 0 Å². The van der Waals surface area contributed by atoms with Gasteiger partial charge in [0.1, 0.15) is 0 Å². The Morgan fingerprint density at radius 1 is 0.971 bits per heavy atom. The molecule has 35 heavy (non-hydrogen) atoms. The number of nitrogens with one attached hydrogen (secondary N) is 2. The van der Waals surface area contributed by atoms with Crippen molar-refractivity contribution >= 4 is 23.7 Å². The van der Waals surface area contributed by atoms with Crippen molar-refractivity contribution < 1.29 is 9.59 Å². The summed E-state index contributed by atoms with van der Waals surface area (Å²) in [6.07, 6.45) is 3.44. The van der Waals surface area contributed by atoms with Crippen molar-refractivity contribution in [2.24, 2.45) is 0 Å². The highest BCUT2D eigenvalue weighted by molar-refractivity contribution is 7.99. The Balaban J connectivity index is 1.50. The van der Waals surface area contributed by atoms with Gasteiger partial charge in [0.05, 0.1) is 11.4 Å². The number of aromatic nitrogens is 4. The Bertz CT molecular complexity index is 1290. The number of thioether (sulfide) groups is 1. The van der Waals surface area contributed by atoms with Crippen LogP contribution in [0.15, 0.2) is 84.3 Å². The lowest BCUT2D eigenvalue weighted by molar-refractivity contribution is -0.117. The molecule has 4 aromatic rings. The van der Waals surface area contributed by atoms with Crippen LogP contribution < -0.4 is 10.6 Å². The molecule has 2 aromatic heterocycles. The number of para-hydroxylation sites is 1. The summed E-state index contributed by atoms with van der Waals surface area (Å²) in [7, 11) is 0. The van der Waals surface area contributed by atoms with Gasteiger partial charge < -0.3 is 5.32 Å². The van der Waals surface area contributed by atoms with Crippen molar-refractivity contribution in [1.82, 2.24) is 30.4 Å². The molecule has 2 N–H and O–H groups in total. The predicted molar refractivity (Wildman–Crippen MR) is 136 cm³/mol. The van der Waals surface area contributed by atoms with Gasteiger partial charge in [-0.25, -0.2) is 4.79 Å². The van der Waals surface area contributed by atoms with Crippen LogP contribution in [0.1, 0.15) is 30.9 Å². The average Bonchev–Trinajstić information content (AvgIpc) is 3.31. The van der Waals surface area contributed by atoms with Crippen LogP contribution in [0.3, 0.4) is 0 Å². The third kappa shape index (κ3) is 6.13. The van der Waals surface area contributed by atoms with E-state index < -0.39 is 11.9 Å². The van der Waals surface area contributed by atoms with Crippen molar-refractivity contribution in [1.29, 1.82) is 0 Å². The lowest BCUT2D eigenvalue weighted by Gasteiger charge is -2.16. The fourth-order valence-corrected chi connectivity index (χ4v) is 4.30. The van der Waals surface area contributed by atoms with E-state index in [0.717, 1.165) is 22.4 Å². The molecule has 0 spiro atoms. The number of pyridine rings is 1. The molecular weight excluding hydrogens is 460 g/mol. The summed E-state index contributed by atoms with van der Waals surface area (Å²) in [5.74, 6) is 0.489. The maximum atomic E-state index is 12.5. The van der Waals surface area contributed by atoms with Crippen molar-refractivity contribution in [3.05, 3.63) is 90.3 Å². The molecular formula is C26H26N6O2S. The molecule has 0 aliphatic carbocycles. The zero-order valence-corrected chi connectivity index (χ0v) is 20.3. The molecule has 0 saturated heterocycles. The fourth-order valence-electron chi connectivity index (χ4n) is 3.56. The highest BCUT2D eigenvalue weighted by Crippen LogP contribution is 2.31. The van der Waals surface area contributed by atoms with Crippen molar-refractivity contribution in [2.45, 2.75) is 31.5 Å². The number of nitrogens with zero attached hydrogens (tertiary/aromatic N) is 4. The van der Waals surface area contributed by atoms with Crippen LogP contribution in [0.25, 0.3) is 17.1 Å². The summed E-state index contributed by atoms with van der Waals surface area (Å²) in [4.78, 5) is 28.8. The maximum Gasteiger partial charge on any atom is 0.321 e. The van der Waals surface area contributed by atoms with Crippen LogP contribution in [-0.4, -0.2) is 37.4 Å². The largest absolute Gasteiger partial charge is 0.334 e. The van der Waals surface area contributed by atoms with E-state index in [4.69, 9.17) is 0 Å². The summed E-state index contributed by atoms with van der Waals surface area (Å²) in [6, 6.07) is 20.8. The summed E-state index contributed by atoms with van der Waals surface area (Å²) in [5, 5.41) is 14.4. The molecule has 0 bridgehead atoms. The molecule has 0 atom stereocenters. The molecule has 0 fully saturated rings. The van der Waals surface area contributed by atoms with E-state index in [0.29, 0.717) is 17.5 Å². The SMILES string of the molecule is CC(C)c1ccccc1-n1c(SCC(=O)NC(=O)NCc2ccccc2)nnc1-c1cccnc1. The molecule has 0 saturated carbocycles. The number of rotatable bonds is 8. The number of carbonyl (C=O) groups excluding carboxylic acids is 2. The predicted octanol–water partition coefficient (Wildman–Crippen LogP) is 4.57. The number of carbonyl (C=O) groups is 2. The van der Waals surface area contributed by atoms with Crippen LogP contribution in [0.4, 0.5) is 4.79 Å². The van der Waals surface area contributed by atoms with Crippen LogP contribution in [0.5, 0.6) is 0 Å². The molecule has 9 heteroatoms. The number of hydrogen-bond acceptors (Lipinski definition) is 6. The second kappa shape index (κ2) is 11.4. The molecule has 0 aliphatic rings. The van der Waals surface area contributed by atoms with Crippen LogP contribution in [-0.2, 0) is 11.3 Å².